The average Bonchev–Trinajstić information content (AvgIpc) is 3.40. The van der Waals surface area contributed by atoms with Gasteiger partial charge < -0.3 is 4.74 Å². The molecule has 0 fully saturated rings. The van der Waals surface area contributed by atoms with E-state index in [0.717, 1.165) is 46.6 Å². The van der Waals surface area contributed by atoms with Crippen molar-refractivity contribution in [1.29, 1.82) is 0 Å². The van der Waals surface area contributed by atoms with Gasteiger partial charge >= 0.3 is 0 Å². The van der Waals surface area contributed by atoms with E-state index in [4.69, 9.17) is 35.0 Å². The quantitative estimate of drug-likeness (QED) is 0.121. The van der Waals surface area contributed by atoms with E-state index in [1.165, 1.54) is 0 Å². The Balaban J connectivity index is 0.00000101. The summed E-state index contributed by atoms with van der Waals surface area (Å²) in [6, 6.07) is 46.8. The summed E-state index contributed by atoms with van der Waals surface area (Å²) in [6.45, 7) is 5.67. The second kappa shape index (κ2) is 20.0. The number of hydrogen-bond donors (Lipinski definition) is 0. The van der Waals surface area contributed by atoms with Crippen LogP contribution in [-0.2, 0) is 4.74 Å². The van der Waals surface area contributed by atoms with Crippen LogP contribution in [0.5, 0.6) is 0 Å². The zero-order chi connectivity index (χ0) is 44.2. The van der Waals surface area contributed by atoms with Gasteiger partial charge in [0.25, 0.3) is 0 Å². The molecule has 0 amide bonds. The smallest absolute Gasteiger partial charge is 0.119 e. The second-order valence-electron chi connectivity index (χ2n) is 14.3. The van der Waals surface area contributed by atoms with Crippen LogP contribution in [0.25, 0.3) is 102 Å². The number of rotatable bonds is 11. The molecule has 10 aromatic rings. The zero-order valence-electron chi connectivity index (χ0n) is 35.5. The molecule has 0 aliphatic carbocycles. The number of ether oxygens (including phenoxy) is 1. The molecule has 0 N–H and O–H groups in total. The summed E-state index contributed by atoms with van der Waals surface area (Å²) in [5.41, 5.74) is 12.4. The van der Waals surface area contributed by atoms with Gasteiger partial charge in [-0.05, 0) is 140 Å². The summed E-state index contributed by atoms with van der Waals surface area (Å²) in [5, 5.41) is 28.4. The highest BCUT2D eigenvalue weighted by atomic mass is 16.5. The molecule has 0 aliphatic heterocycles. The van der Waals surface area contributed by atoms with Crippen LogP contribution in [0.2, 0.25) is 0 Å². The first-order valence-electron chi connectivity index (χ1n) is 21.0. The maximum Gasteiger partial charge on any atom is 0.119 e. The lowest BCUT2D eigenvalue weighted by Gasteiger charge is -2.17. The van der Waals surface area contributed by atoms with Crippen LogP contribution in [0.15, 0.2) is 183 Å². The van der Waals surface area contributed by atoms with Crippen LogP contribution in [0.3, 0.4) is 0 Å². The molecule has 314 valence electrons. The Labute approximate surface area is 375 Å². The third kappa shape index (κ3) is 9.55. The fraction of sp³-hybridized carbons (Fsp3) is 0.0769. The SMILES string of the molecule is CCOCC.c1ccc(-c2cc(-c3cc(-c4cc(-c5ccccn5)nnc4-c4ccccn4)cc(-c4cc(-c5ccccn5)nnc4-c4ccccn4)c3)c(-c3ccccn3)nn2)nc1. The topological polar surface area (TPSA) is 164 Å². The second-order valence-corrected chi connectivity index (χ2v) is 14.3. The van der Waals surface area contributed by atoms with Gasteiger partial charge in [0.15, 0.2) is 0 Å². The maximum absolute atomic E-state index is 4.83. The van der Waals surface area contributed by atoms with E-state index >= 15 is 0 Å². The van der Waals surface area contributed by atoms with Gasteiger partial charge in [-0.2, -0.15) is 0 Å². The summed E-state index contributed by atoms with van der Waals surface area (Å²) in [7, 11) is 0. The molecule has 9 heterocycles. The summed E-state index contributed by atoms with van der Waals surface area (Å²) in [5.74, 6) is 0. The Hall–Kier alpha value is -8.68. The molecule has 65 heavy (non-hydrogen) atoms. The molecule has 13 nitrogen and oxygen atoms in total. The minimum Gasteiger partial charge on any atom is -0.382 e. The molecule has 0 radical (unpaired) electrons. The Morgan fingerprint density at radius 2 is 0.554 bits per heavy atom. The van der Waals surface area contributed by atoms with Gasteiger partial charge in [0.05, 0.1) is 34.2 Å². The van der Waals surface area contributed by atoms with Gasteiger partial charge in [-0.1, -0.05) is 36.4 Å². The van der Waals surface area contributed by atoms with Crippen molar-refractivity contribution in [3.05, 3.63) is 183 Å². The van der Waals surface area contributed by atoms with E-state index < -0.39 is 0 Å². The highest BCUT2D eigenvalue weighted by molar-refractivity contribution is 5.93. The predicted octanol–water partition coefficient (Wildman–Crippen LogP) is 10.5. The molecule has 13 heteroatoms. The standard InChI is InChI=1S/C48H30N12.C4H10O/c1-7-19-49-37(13-1)43-28-34(46(58-55-43)40-16-4-10-22-52-40)31-25-32(35-29-44(38-14-2-8-20-50-38)56-59-47(35)41-17-5-11-23-53-41)27-33(26-31)36-30-45(39-15-3-9-21-51-39)57-60-48(36)42-18-6-12-24-54-42;1-3-5-4-2/h1-30H;3-4H2,1-2H3. The molecule has 0 bridgehead atoms. The van der Waals surface area contributed by atoms with Crippen LogP contribution >= 0.6 is 0 Å². The zero-order valence-corrected chi connectivity index (χ0v) is 35.5. The number of benzene rings is 1. The van der Waals surface area contributed by atoms with Crippen molar-refractivity contribution in [2.45, 2.75) is 13.8 Å². The fourth-order valence-corrected chi connectivity index (χ4v) is 7.13. The number of pyridine rings is 6. The van der Waals surface area contributed by atoms with Crippen molar-refractivity contribution in [2.75, 3.05) is 13.2 Å². The van der Waals surface area contributed by atoms with Crippen LogP contribution in [0.1, 0.15) is 13.8 Å². The lowest BCUT2D eigenvalue weighted by atomic mass is 9.90. The molecule has 1 aromatic carbocycles. The normalized spacial score (nSPS) is 10.8. The lowest BCUT2D eigenvalue weighted by molar-refractivity contribution is 0.162. The molecule has 0 atom stereocenters. The van der Waals surface area contributed by atoms with E-state index in [1.807, 2.05) is 141 Å². The summed E-state index contributed by atoms with van der Waals surface area (Å²) >= 11 is 0. The highest BCUT2D eigenvalue weighted by Crippen LogP contribution is 2.42. The predicted molar refractivity (Wildman–Crippen MR) is 251 cm³/mol. The number of hydrogen-bond acceptors (Lipinski definition) is 13. The maximum atomic E-state index is 4.83. The van der Waals surface area contributed by atoms with Gasteiger partial charge in [0.2, 0.25) is 0 Å². The Kier molecular flexibility index (Phi) is 12.8. The molecule has 0 aliphatic rings. The monoisotopic (exact) mass is 848 g/mol. The van der Waals surface area contributed by atoms with Crippen molar-refractivity contribution in [2.24, 2.45) is 0 Å². The van der Waals surface area contributed by atoms with Gasteiger partial charge in [0, 0.05) is 67.1 Å². The van der Waals surface area contributed by atoms with E-state index in [9.17, 15) is 0 Å². The van der Waals surface area contributed by atoms with Gasteiger partial charge in [-0.15, -0.1) is 30.6 Å². The fourth-order valence-electron chi connectivity index (χ4n) is 7.13. The van der Waals surface area contributed by atoms with Crippen LogP contribution in [0, 0.1) is 0 Å². The molecular formula is C52H40N12O. The Bertz CT molecular complexity index is 2780. The minimum atomic E-state index is 0.595. The number of aromatic nitrogens is 12. The highest BCUT2D eigenvalue weighted by Gasteiger charge is 2.22. The third-order valence-electron chi connectivity index (χ3n) is 10.2. The van der Waals surface area contributed by atoms with Gasteiger partial charge in [0.1, 0.15) is 34.2 Å². The van der Waals surface area contributed by atoms with E-state index in [-0.39, 0.29) is 0 Å². The van der Waals surface area contributed by atoms with Crippen molar-refractivity contribution in [3.63, 3.8) is 0 Å². The van der Waals surface area contributed by atoms with E-state index in [0.29, 0.717) is 68.3 Å². The molecule has 10 rings (SSSR count). The number of nitrogens with zero attached hydrogens (tertiary/aromatic N) is 12. The van der Waals surface area contributed by atoms with Crippen LogP contribution in [-0.4, -0.2) is 73.7 Å². The molecule has 9 aromatic heterocycles. The molecule has 0 unspecified atom stereocenters. The summed E-state index contributed by atoms with van der Waals surface area (Å²) in [4.78, 5) is 28.0. The minimum absolute atomic E-state index is 0.595. The molecule has 0 spiro atoms. The lowest BCUT2D eigenvalue weighted by Crippen LogP contribution is -2.01. The Morgan fingerprint density at radius 3 is 0.769 bits per heavy atom. The first kappa shape index (κ1) is 41.7. The van der Waals surface area contributed by atoms with Crippen molar-refractivity contribution in [1.82, 2.24) is 60.5 Å². The van der Waals surface area contributed by atoms with Gasteiger partial charge in [-0.25, -0.2) is 0 Å². The van der Waals surface area contributed by atoms with Crippen molar-refractivity contribution in [3.8, 4) is 102 Å². The van der Waals surface area contributed by atoms with Crippen LogP contribution < -0.4 is 0 Å². The van der Waals surface area contributed by atoms with E-state index in [2.05, 4.69) is 48.4 Å². The van der Waals surface area contributed by atoms with Gasteiger partial charge in [-0.3, -0.25) is 29.9 Å². The van der Waals surface area contributed by atoms with Crippen molar-refractivity contribution < 1.29 is 4.74 Å². The third-order valence-corrected chi connectivity index (χ3v) is 10.2. The van der Waals surface area contributed by atoms with E-state index in [1.54, 1.807) is 37.2 Å². The summed E-state index contributed by atoms with van der Waals surface area (Å²) < 4.78 is 4.83. The first-order chi connectivity index (χ1) is 32.2. The van der Waals surface area contributed by atoms with Crippen molar-refractivity contribution >= 4 is 0 Å². The largest absolute Gasteiger partial charge is 0.382 e. The molecule has 0 saturated carbocycles. The Morgan fingerprint density at radius 1 is 0.292 bits per heavy atom. The summed E-state index contributed by atoms with van der Waals surface area (Å²) in [6.07, 6.45) is 10.5. The average molecular weight is 849 g/mol. The molecular weight excluding hydrogens is 809 g/mol. The first-order valence-corrected chi connectivity index (χ1v) is 21.0. The van der Waals surface area contributed by atoms with Crippen LogP contribution in [0.4, 0.5) is 0 Å². The molecule has 0 saturated heterocycles.